The highest BCUT2D eigenvalue weighted by Crippen LogP contribution is 2.31. The molecule has 2 unspecified atom stereocenters. The summed E-state index contributed by atoms with van der Waals surface area (Å²) in [5, 5.41) is 2.29. The van der Waals surface area contributed by atoms with Crippen molar-refractivity contribution in [1.82, 2.24) is 10.2 Å². The lowest BCUT2D eigenvalue weighted by molar-refractivity contribution is -0.169. The Morgan fingerprint density at radius 2 is 1.86 bits per heavy atom. The van der Waals surface area contributed by atoms with Crippen LogP contribution in [0.25, 0.3) is 0 Å². The van der Waals surface area contributed by atoms with Gasteiger partial charge >= 0.3 is 12.1 Å². The molecule has 160 valence electrons. The van der Waals surface area contributed by atoms with E-state index in [1.165, 1.54) is 26.2 Å². The molecule has 2 amide bonds. The van der Waals surface area contributed by atoms with Crippen LogP contribution in [0.4, 0.5) is 4.79 Å². The number of amides is 2. The Hall–Kier alpha value is -2.10. The lowest BCUT2D eigenvalue weighted by Gasteiger charge is -2.45. The van der Waals surface area contributed by atoms with Gasteiger partial charge in [0, 0.05) is 11.6 Å². The van der Waals surface area contributed by atoms with E-state index < -0.39 is 40.5 Å². The van der Waals surface area contributed by atoms with Crippen molar-refractivity contribution < 1.29 is 33.3 Å². The number of β-lactam (4-membered cyclic amide) rings is 1. The normalized spacial score (nSPS) is 18.6. The first kappa shape index (κ1) is 23.2. The fraction of sp³-hybridized carbons (Fsp3) is 0.471. The van der Waals surface area contributed by atoms with Gasteiger partial charge in [0.1, 0.15) is 24.1 Å². The fourth-order valence-electron chi connectivity index (χ4n) is 2.73. The van der Waals surface area contributed by atoms with Crippen molar-refractivity contribution in [2.75, 3.05) is 27.9 Å². The van der Waals surface area contributed by atoms with Gasteiger partial charge in [-0.3, -0.25) is 4.79 Å². The summed E-state index contributed by atoms with van der Waals surface area (Å²) in [5.41, 5.74) is 0.632. The number of methoxy groups -OCH3 is 3. The molecule has 0 aromatic heterocycles. The average molecular weight is 470 g/mol. The summed E-state index contributed by atoms with van der Waals surface area (Å²) in [4.78, 5) is 37.9. The number of halogens is 3. The molecule has 0 bridgehead atoms. The maximum atomic E-state index is 12.6. The molecule has 1 heterocycles. The first-order valence-electron chi connectivity index (χ1n) is 8.20. The Balaban J connectivity index is 2.12. The summed E-state index contributed by atoms with van der Waals surface area (Å²) in [5.74, 6) is -0.173. The number of ether oxygens (including phenoxy) is 4. The van der Waals surface area contributed by atoms with Gasteiger partial charge in [0.05, 0.1) is 27.9 Å². The Morgan fingerprint density at radius 1 is 1.17 bits per heavy atom. The SMILES string of the molecule is COC(=O)C1C(NC(=O)OCC(Cl)(Cl)Cl)C(=O)N1Cc1ccc(OC)cc1OC. The quantitative estimate of drug-likeness (QED) is 0.370. The molecule has 1 aromatic carbocycles. The van der Waals surface area contributed by atoms with Crippen LogP contribution < -0.4 is 14.8 Å². The molecule has 0 aliphatic carbocycles. The number of benzene rings is 1. The van der Waals surface area contributed by atoms with Gasteiger partial charge in [0.15, 0.2) is 6.04 Å². The largest absolute Gasteiger partial charge is 0.497 e. The molecule has 9 nitrogen and oxygen atoms in total. The summed E-state index contributed by atoms with van der Waals surface area (Å²) in [6.07, 6.45) is -1.01. The second kappa shape index (κ2) is 9.60. The highest BCUT2D eigenvalue weighted by atomic mass is 35.6. The van der Waals surface area contributed by atoms with E-state index in [-0.39, 0.29) is 6.54 Å². The van der Waals surface area contributed by atoms with Crippen LogP contribution in [-0.2, 0) is 25.6 Å². The Labute approximate surface area is 182 Å². The Morgan fingerprint density at radius 3 is 2.41 bits per heavy atom. The number of hydrogen-bond acceptors (Lipinski definition) is 7. The van der Waals surface area contributed by atoms with Crippen molar-refractivity contribution >= 4 is 52.8 Å². The molecule has 2 rings (SSSR count). The third-order valence-electron chi connectivity index (χ3n) is 4.12. The number of nitrogens with zero attached hydrogens (tertiary/aromatic N) is 1. The zero-order valence-corrected chi connectivity index (χ0v) is 18.0. The number of rotatable bonds is 7. The minimum Gasteiger partial charge on any atom is -0.497 e. The molecule has 1 aliphatic rings. The zero-order chi connectivity index (χ0) is 21.8. The molecule has 0 radical (unpaired) electrons. The fourth-order valence-corrected chi connectivity index (χ4v) is 2.90. The molecule has 29 heavy (non-hydrogen) atoms. The van der Waals surface area contributed by atoms with Crippen LogP contribution in [0.3, 0.4) is 0 Å². The second-order valence-electron chi connectivity index (χ2n) is 5.93. The molecule has 12 heteroatoms. The highest BCUT2D eigenvalue weighted by molar-refractivity contribution is 6.67. The molecule has 1 saturated heterocycles. The van der Waals surface area contributed by atoms with Gasteiger partial charge < -0.3 is 29.2 Å². The van der Waals surface area contributed by atoms with E-state index in [1.54, 1.807) is 18.2 Å². The van der Waals surface area contributed by atoms with Crippen LogP contribution >= 0.6 is 34.8 Å². The molecular formula is C17H19Cl3N2O7. The molecule has 1 fully saturated rings. The van der Waals surface area contributed by atoms with Crippen LogP contribution in [0, 0.1) is 0 Å². The van der Waals surface area contributed by atoms with E-state index in [9.17, 15) is 14.4 Å². The number of carbonyl (C=O) groups is 3. The van der Waals surface area contributed by atoms with Gasteiger partial charge in [-0.1, -0.05) is 34.8 Å². The minimum absolute atomic E-state index is 0.0488. The monoisotopic (exact) mass is 468 g/mol. The summed E-state index contributed by atoms with van der Waals surface area (Å²) in [7, 11) is 4.16. The van der Waals surface area contributed by atoms with E-state index in [2.05, 4.69) is 5.32 Å². The van der Waals surface area contributed by atoms with E-state index in [0.29, 0.717) is 17.1 Å². The van der Waals surface area contributed by atoms with Gasteiger partial charge in [-0.25, -0.2) is 9.59 Å². The lowest BCUT2D eigenvalue weighted by atomic mass is 9.94. The molecule has 1 aromatic rings. The number of esters is 1. The number of likely N-dealkylation sites (tertiary alicyclic amines) is 1. The zero-order valence-electron chi connectivity index (χ0n) is 15.7. The molecule has 1 N–H and O–H groups in total. The summed E-state index contributed by atoms with van der Waals surface area (Å²) >= 11 is 16.5. The second-order valence-corrected chi connectivity index (χ2v) is 8.44. The van der Waals surface area contributed by atoms with Crippen molar-refractivity contribution in [2.24, 2.45) is 0 Å². The maximum absolute atomic E-state index is 12.6. The Bertz CT molecular complexity index is 785. The van der Waals surface area contributed by atoms with Crippen molar-refractivity contribution in [3.63, 3.8) is 0 Å². The number of nitrogens with one attached hydrogen (secondary N) is 1. The van der Waals surface area contributed by atoms with Gasteiger partial charge in [-0.15, -0.1) is 0 Å². The topological polar surface area (TPSA) is 103 Å². The number of carbonyl (C=O) groups excluding carboxylic acids is 3. The predicted octanol–water partition coefficient (Wildman–Crippen LogP) is 2.05. The highest BCUT2D eigenvalue weighted by Gasteiger charge is 2.53. The minimum atomic E-state index is -1.81. The first-order chi connectivity index (χ1) is 13.6. The number of hydrogen-bond donors (Lipinski definition) is 1. The molecule has 2 atom stereocenters. The van der Waals surface area contributed by atoms with E-state index >= 15 is 0 Å². The van der Waals surface area contributed by atoms with Crippen molar-refractivity contribution in [3.05, 3.63) is 23.8 Å². The average Bonchev–Trinajstić information content (AvgIpc) is 2.69. The summed E-state index contributed by atoms with van der Waals surface area (Å²) < 4.78 is 18.1. The summed E-state index contributed by atoms with van der Waals surface area (Å²) in [6, 6.07) is 2.82. The van der Waals surface area contributed by atoms with Crippen LogP contribution in [0.15, 0.2) is 18.2 Å². The van der Waals surface area contributed by atoms with Crippen molar-refractivity contribution in [1.29, 1.82) is 0 Å². The van der Waals surface area contributed by atoms with E-state index in [0.717, 1.165) is 0 Å². The number of alkyl halides is 3. The van der Waals surface area contributed by atoms with Gasteiger partial charge in [0.25, 0.3) is 0 Å². The maximum Gasteiger partial charge on any atom is 0.408 e. The molecule has 0 saturated carbocycles. The van der Waals surface area contributed by atoms with Crippen LogP contribution in [0.5, 0.6) is 11.5 Å². The lowest BCUT2D eigenvalue weighted by Crippen LogP contribution is -2.73. The van der Waals surface area contributed by atoms with Crippen molar-refractivity contribution in [2.45, 2.75) is 22.4 Å². The Kier molecular flexibility index (Phi) is 7.67. The summed E-state index contributed by atoms with van der Waals surface area (Å²) in [6.45, 7) is -0.479. The van der Waals surface area contributed by atoms with Crippen LogP contribution in [-0.4, -0.2) is 66.7 Å². The first-order valence-corrected chi connectivity index (χ1v) is 9.34. The van der Waals surface area contributed by atoms with E-state index in [1.807, 2.05) is 0 Å². The third kappa shape index (κ3) is 5.71. The van der Waals surface area contributed by atoms with Crippen LogP contribution in [0.1, 0.15) is 5.56 Å². The molecule has 0 spiro atoms. The standard InChI is InChI=1S/C17H19Cl3N2O7/c1-26-10-5-4-9(11(6-10)27-2)7-22-13(15(24)28-3)12(14(22)23)21-16(25)29-8-17(18,19)20/h4-6,12-13H,7-8H2,1-3H3,(H,21,25). The molecular weight excluding hydrogens is 451 g/mol. The predicted molar refractivity (Wildman–Crippen MR) is 104 cm³/mol. The molecule has 1 aliphatic heterocycles. The van der Waals surface area contributed by atoms with Gasteiger partial charge in [-0.2, -0.15) is 0 Å². The van der Waals surface area contributed by atoms with Crippen LogP contribution in [0.2, 0.25) is 0 Å². The smallest absolute Gasteiger partial charge is 0.408 e. The van der Waals surface area contributed by atoms with Crippen molar-refractivity contribution in [3.8, 4) is 11.5 Å². The number of alkyl carbamates (subject to hydrolysis) is 1. The third-order valence-corrected chi connectivity index (χ3v) is 4.45. The van der Waals surface area contributed by atoms with E-state index in [4.69, 9.17) is 53.8 Å². The van der Waals surface area contributed by atoms with Gasteiger partial charge in [0.2, 0.25) is 9.70 Å². The van der Waals surface area contributed by atoms with Gasteiger partial charge in [-0.05, 0) is 12.1 Å².